The average Bonchev–Trinajstić information content (AvgIpc) is 2.80. The Hall–Kier alpha value is -1.59. The summed E-state index contributed by atoms with van der Waals surface area (Å²) in [5, 5.41) is 14.8. The molecule has 6 nitrogen and oxygen atoms in total. The molecule has 2 N–H and O–H groups in total. The quantitative estimate of drug-likeness (QED) is 0.417. The van der Waals surface area contributed by atoms with Gasteiger partial charge in [-0.25, -0.2) is 0 Å². The van der Waals surface area contributed by atoms with E-state index in [1.54, 1.807) is 7.05 Å². The molecule has 22 heavy (non-hydrogen) atoms. The first-order valence-corrected chi connectivity index (χ1v) is 8.34. The lowest BCUT2D eigenvalue weighted by atomic mass is 10.0. The second-order valence-electron chi connectivity index (χ2n) is 6.17. The third-order valence-electron chi connectivity index (χ3n) is 3.82. The van der Waals surface area contributed by atoms with Crippen molar-refractivity contribution in [2.24, 2.45) is 18.0 Å². The highest BCUT2D eigenvalue weighted by Crippen LogP contribution is 2.08. The summed E-state index contributed by atoms with van der Waals surface area (Å²) < 4.78 is 1.98. The van der Waals surface area contributed by atoms with Crippen LogP contribution in [0.25, 0.3) is 0 Å². The summed E-state index contributed by atoms with van der Waals surface area (Å²) in [5.74, 6) is 3.48. The first-order valence-electron chi connectivity index (χ1n) is 8.34. The Labute approximate surface area is 134 Å². The Morgan fingerprint density at radius 2 is 1.86 bits per heavy atom. The fourth-order valence-corrected chi connectivity index (χ4v) is 2.23. The molecule has 6 heteroatoms. The Balaban J connectivity index is 2.14. The zero-order valence-electron chi connectivity index (χ0n) is 14.8. The molecule has 0 unspecified atom stereocenters. The summed E-state index contributed by atoms with van der Waals surface area (Å²) in [6.07, 6.45) is 6.47. The van der Waals surface area contributed by atoms with Gasteiger partial charge in [-0.3, -0.25) is 4.99 Å². The normalized spacial score (nSPS) is 12.0. The largest absolute Gasteiger partial charge is 0.356 e. The van der Waals surface area contributed by atoms with Gasteiger partial charge in [0.25, 0.3) is 0 Å². The van der Waals surface area contributed by atoms with E-state index in [2.05, 4.69) is 39.7 Å². The second-order valence-corrected chi connectivity index (χ2v) is 6.17. The zero-order valence-corrected chi connectivity index (χ0v) is 14.8. The van der Waals surface area contributed by atoms with Crippen molar-refractivity contribution in [3.63, 3.8) is 0 Å². The molecule has 0 saturated carbocycles. The van der Waals surface area contributed by atoms with E-state index in [9.17, 15) is 0 Å². The molecule has 0 aliphatic rings. The van der Waals surface area contributed by atoms with Gasteiger partial charge in [0, 0.05) is 20.6 Å². The first-order chi connectivity index (χ1) is 10.5. The molecule has 0 aromatic carbocycles. The van der Waals surface area contributed by atoms with Gasteiger partial charge in [0.05, 0.1) is 6.54 Å². The van der Waals surface area contributed by atoms with Crippen molar-refractivity contribution in [1.29, 1.82) is 0 Å². The van der Waals surface area contributed by atoms with Gasteiger partial charge in [-0.1, -0.05) is 39.5 Å². The van der Waals surface area contributed by atoms with Crippen LogP contribution in [0.2, 0.25) is 0 Å². The van der Waals surface area contributed by atoms with Crippen LogP contribution in [-0.4, -0.2) is 34.3 Å². The highest BCUT2D eigenvalue weighted by molar-refractivity contribution is 5.79. The summed E-state index contributed by atoms with van der Waals surface area (Å²) in [5.41, 5.74) is 0. The molecule has 0 atom stereocenters. The molecule has 0 saturated heterocycles. The van der Waals surface area contributed by atoms with Gasteiger partial charge in [0.15, 0.2) is 11.8 Å². The summed E-state index contributed by atoms with van der Waals surface area (Å²) in [6, 6.07) is 0. The number of aliphatic imine (C=N–C) groups is 1. The van der Waals surface area contributed by atoms with E-state index in [0.29, 0.717) is 6.54 Å². The van der Waals surface area contributed by atoms with Crippen LogP contribution >= 0.6 is 0 Å². The number of hydrogen-bond donors (Lipinski definition) is 2. The van der Waals surface area contributed by atoms with E-state index in [-0.39, 0.29) is 0 Å². The van der Waals surface area contributed by atoms with Gasteiger partial charge in [-0.2, -0.15) is 0 Å². The molecule has 0 aliphatic heterocycles. The average molecular weight is 308 g/mol. The zero-order chi connectivity index (χ0) is 16.4. The van der Waals surface area contributed by atoms with Gasteiger partial charge in [-0.05, 0) is 19.3 Å². The number of hydrogen-bond acceptors (Lipinski definition) is 3. The summed E-state index contributed by atoms with van der Waals surface area (Å²) in [6.45, 7) is 8.11. The molecule has 0 fully saturated rings. The molecular weight excluding hydrogens is 276 g/mol. The van der Waals surface area contributed by atoms with Crippen molar-refractivity contribution >= 4 is 5.96 Å². The van der Waals surface area contributed by atoms with E-state index in [1.165, 1.54) is 32.1 Å². The second kappa shape index (κ2) is 10.2. The van der Waals surface area contributed by atoms with Crippen molar-refractivity contribution in [3.8, 4) is 0 Å². The Kier molecular flexibility index (Phi) is 8.55. The molecule has 1 rings (SSSR count). The smallest absolute Gasteiger partial charge is 0.191 e. The van der Waals surface area contributed by atoms with Crippen LogP contribution in [0.1, 0.15) is 57.6 Å². The number of aryl methyl sites for hydroxylation is 1. The summed E-state index contributed by atoms with van der Waals surface area (Å²) >= 11 is 0. The molecule has 1 aromatic rings. The van der Waals surface area contributed by atoms with Gasteiger partial charge < -0.3 is 15.2 Å². The van der Waals surface area contributed by atoms with Crippen LogP contribution < -0.4 is 10.6 Å². The van der Waals surface area contributed by atoms with Crippen LogP contribution in [0.4, 0.5) is 0 Å². The maximum atomic E-state index is 4.23. The third-order valence-corrected chi connectivity index (χ3v) is 3.82. The SMILES string of the molecule is CN=C(NCCCCCCC(C)C)NCc1nnc(C)n1C. The van der Waals surface area contributed by atoms with Gasteiger partial charge >= 0.3 is 0 Å². The molecule has 1 heterocycles. The maximum Gasteiger partial charge on any atom is 0.191 e. The van der Waals surface area contributed by atoms with Gasteiger partial charge in [-0.15, -0.1) is 10.2 Å². The number of nitrogens with zero attached hydrogens (tertiary/aromatic N) is 4. The topological polar surface area (TPSA) is 67.1 Å². The van der Waals surface area contributed by atoms with Crippen molar-refractivity contribution < 1.29 is 0 Å². The number of unbranched alkanes of at least 4 members (excludes halogenated alkanes) is 3. The molecule has 0 spiro atoms. The molecule has 126 valence electrons. The molecule has 0 bridgehead atoms. The van der Waals surface area contributed by atoms with Crippen LogP contribution in [0.3, 0.4) is 0 Å². The number of rotatable bonds is 9. The number of aromatic nitrogens is 3. The number of nitrogens with one attached hydrogen (secondary N) is 2. The van der Waals surface area contributed by atoms with Gasteiger partial charge in [0.2, 0.25) is 0 Å². The fourth-order valence-electron chi connectivity index (χ4n) is 2.23. The highest BCUT2D eigenvalue weighted by atomic mass is 15.3. The molecule has 1 aromatic heterocycles. The highest BCUT2D eigenvalue weighted by Gasteiger charge is 2.05. The van der Waals surface area contributed by atoms with Crippen LogP contribution in [-0.2, 0) is 13.6 Å². The van der Waals surface area contributed by atoms with Crippen LogP contribution in [0.5, 0.6) is 0 Å². The number of guanidine groups is 1. The minimum Gasteiger partial charge on any atom is -0.356 e. The van der Waals surface area contributed by atoms with Crippen molar-refractivity contribution in [3.05, 3.63) is 11.6 Å². The monoisotopic (exact) mass is 308 g/mol. The van der Waals surface area contributed by atoms with E-state index in [0.717, 1.165) is 30.1 Å². The molecular formula is C16H32N6. The molecule has 0 aliphatic carbocycles. The van der Waals surface area contributed by atoms with E-state index in [4.69, 9.17) is 0 Å². The third kappa shape index (κ3) is 6.91. The standard InChI is InChI=1S/C16H32N6/c1-13(2)10-8-6-7-9-11-18-16(17-4)19-12-15-21-20-14(3)22(15)5/h13H,6-12H2,1-5H3,(H2,17,18,19). The molecule has 0 amide bonds. The Morgan fingerprint density at radius 1 is 1.14 bits per heavy atom. The van der Waals surface area contributed by atoms with Crippen LogP contribution in [0, 0.1) is 12.8 Å². The Morgan fingerprint density at radius 3 is 2.45 bits per heavy atom. The van der Waals surface area contributed by atoms with Crippen LogP contribution in [0.15, 0.2) is 4.99 Å². The minimum absolute atomic E-state index is 0.630. The summed E-state index contributed by atoms with van der Waals surface area (Å²) in [4.78, 5) is 4.23. The minimum atomic E-state index is 0.630. The van der Waals surface area contributed by atoms with E-state index < -0.39 is 0 Å². The van der Waals surface area contributed by atoms with Crippen molar-refractivity contribution in [1.82, 2.24) is 25.4 Å². The Bertz CT molecular complexity index is 449. The maximum absolute atomic E-state index is 4.23. The van der Waals surface area contributed by atoms with Gasteiger partial charge in [0.1, 0.15) is 5.82 Å². The first kappa shape index (κ1) is 18.5. The predicted molar refractivity (Wildman–Crippen MR) is 91.9 cm³/mol. The lowest BCUT2D eigenvalue weighted by molar-refractivity contribution is 0.518. The predicted octanol–water partition coefficient (Wildman–Crippen LogP) is 2.40. The van der Waals surface area contributed by atoms with Crippen molar-refractivity contribution in [2.45, 2.75) is 59.4 Å². The fraction of sp³-hybridized carbons (Fsp3) is 0.812. The van der Waals surface area contributed by atoms with Crippen molar-refractivity contribution in [2.75, 3.05) is 13.6 Å². The summed E-state index contributed by atoms with van der Waals surface area (Å²) in [7, 11) is 3.76. The molecule has 0 radical (unpaired) electrons. The lowest BCUT2D eigenvalue weighted by Gasteiger charge is -2.11. The lowest BCUT2D eigenvalue weighted by Crippen LogP contribution is -2.37. The van der Waals surface area contributed by atoms with E-state index in [1.807, 2.05) is 18.5 Å². The van der Waals surface area contributed by atoms with E-state index >= 15 is 0 Å².